The van der Waals surface area contributed by atoms with Crippen molar-refractivity contribution in [2.75, 3.05) is 22.8 Å². The molecular weight excluding hydrogens is 416 g/mol. The monoisotopic (exact) mass is 436 g/mol. The number of ether oxygens (including phenoxy) is 1. The molecule has 8 heteroatoms. The summed E-state index contributed by atoms with van der Waals surface area (Å²) in [5.74, 6) is -1.26. The fraction of sp³-hybridized carbons (Fsp3) is 0.130. The summed E-state index contributed by atoms with van der Waals surface area (Å²) in [6, 6.07) is 21.8. The number of nitrogens with one attached hydrogen (secondary N) is 1. The van der Waals surface area contributed by atoms with Gasteiger partial charge in [0.1, 0.15) is 0 Å². The molecule has 1 N–H and O–H groups in total. The molecule has 0 fully saturated rings. The van der Waals surface area contributed by atoms with Crippen molar-refractivity contribution in [3.05, 3.63) is 90.0 Å². The van der Waals surface area contributed by atoms with Crippen molar-refractivity contribution in [1.82, 2.24) is 0 Å². The summed E-state index contributed by atoms with van der Waals surface area (Å²) in [7, 11) is -3.83. The fourth-order valence-electron chi connectivity index (χ4n) is 3.40. The number of carbonyl (C=O) groups is 2. The fourth-order valence-corrected chi connectivity index (χ4v) is 4.95. The molecule has 0 saturated carbocycles. The lowest BCUT2D eigenvalue weighted by Gasteiger charge is -2.19. The molecule has 31 heavy (non-hydrogen) atoms. The minimum absolute atomic E-state index is 0.00705. The quantitative estimate of drug-likeness (QED) is 0.599. The highest BCUT2D eigenvalue weighted by Crippen LogP contribution is 2.32. The van der Waals surface area contributed by atoms with E-state index in [0.29, 0.717) is 24.3 Å². The second-order valence-corrected chi connectivity index (χ2v) is 8.84. The summed E-state index contributed by atoms with van der Waals surface area (Å²) in [6.07, 6.45) is 0.633. The highest BCUT2D eigenvalue weighted by molar-refractivity contribution is 7.92. The van der Waals surface area contributed by atoms with E-state index < -0.39 is 28.5 Å². The minimum atomic E-state index is -3.83. The highest BCUT2D eigenvalue weighted by Gasteiger charge is 2.31. The van der Waals surface area contributed by atoms with Crippen LogP contribution in [0.1, 0.15) is 15.9 Å². The number of carbonyl (C=O) groups excluding carboxylic acids is 2. The molecule has 4 rings (SSSR count). The number of anilines is 2. The second-order valence-electron chi connectivity index (χ2n) is 6.97. The Balaban J connectivity index is 1.45. The van der Waals surface area contributed by atoms with Crippen LogP contribution in [-0.4, -0.2) is 33.4 Å². The Labute approximate surface area is 180 Å². The molecular formula is C23H20N2O5S. The standard InChI is InChI=1S/C23H20N2O5S/c26-22(24-19-9-2-1-3-10-19)16-30-23(27)18-8-6-11-20(15-18)31(28,29)25-14-13-17-7-4-5-12-21(17)25/h1-12,15H,13-14,16H2,(H,24,26). The molecule has 0 saturated heterocycles. The van der Waals surface area contributed by atoms with Crippen LogP contribution in [0.2, 0.25) is 0 Å². The maximum absolute atomic E-state index is 13.2. The van der Waals surface area contributed by atoms with Gasteiger partial charge in [0.25, 0.3) is 15.9 Å². The maximum atomic E-state index is 13.2. The number of hydrogen-bond acceptors (Lipinski definition) is 5. The summed E-state index contributed by atoms with van der Waals surface area (Å²) in [4.78, 5) is 24.4. The molecule has 3 aromatic carbocycles. The summed E-state index contributed by atoms with van der Waals surface area (Å²) in [5, 5.41) is 2.61. The van der Waals surface area contributed by atoms with Gasteiger partial charge in [0.05, 0.1) is 16.1 Å². The SMILES string of the molecule is O=C(COC(=O)c1cccc(S(=O)(=O)N2CCc3ccccc32)c1)Nc1ccccc1. The molecule has 7 nitrogen and oxygen atoms in total. The first-order chi connectivity index (χ1) is 14.9. The first kappa shape index (κ1) is 20.6. The van der Waals surface area contributed by atoms with Gasteiger partial charge in [0, 0.05) is 12.2 Å². The van der Waals surface area contributed by atoms with Gasteiger partial charge >= 0.3 is 5.97 Å². The first-order valence-corrected chi connectivity index (χ1v) is 11.1. The molecule has 0 aromatic heterocycles. The number of sulfonamides is 1. The van der Waals surface area contributed by atoms with Crippen molar-refractivity contribution in [3.8, 4) is 0 Å². The van der Waals surface area contributed by atoms with Gasteiger partial charge in [-0.3, -0.25) is 9.10 Å². The molecule has 0 bridgehead atoms. The molecule has 1 aliphatic heterocycles. The Kier molecular flexibility index (Phi) is 5.73. The average Bonchev–Trinajstić information content (AvgIpc) is 3.23. The van der Waals surface area contributed by atoms with Crippen LogP contribution in [-0.2, 0) is 26.0 Å². The topological polar surface area (TPSA) is 92.8 Å². The van der Waals surface area contributed by atoms with Crippen molar-refractivity contribution in [1.29, 1.82) is 0 Å². The van der Waals surface area contributed by atoms with E-state index in [1.807, 2.05) is 18.2 Å². The third-order valence-electron chi connectivity index (χ3n) is 4.89. The number of rotatable bonds is 6. The molecule has 3 aromatic rings. The molecule has 0 aliphatic carbocycles. The number of amides is 1. The van der Waals surface area contributed by atoms with Gasteiger partial charge in [-0.05, 0) is 48.4 Å². The predicted molar refractivity (Wildman–Crippen MR) is 116 cm³/mol. The third-order valence-corrected chi connectivity index (χ3v) is 6.70. The van der Waals surface area contributed by atoms with Crippen molar-refractivity contribution >= 4 is 33.3 Å². The number of hydrogen-bond donors (Lipinski definition) is 1. The zero-order valence-electron chi connectivity index (χ0n) is 16.5. The number of esters is 1. The van der Waals surface area contributed by atoms with E-state index in [9.17, 15) is 18.0 Å². The average molecular weight is 436 g/mol. The summed E-state index contributed by atoms with van der Waals surface area (Å²) in [5.41, 5.74) is 2.25. The Bertz CT molecular complexity index is 1230. The van der Waals surface area contributed by atoms with Gasteiger partial charge in [0.2, 0.25) is 0 Å². The van der Waals surface area contributed by atoms with Crippen LogP contribution in [0.4, 0.5) is 11.4 Å². The van der Waals surface area contributed by atoms with Crippen molar-refractivity contribution in [2.45, 2.75) is 11.3 Å². The maximum Gasteiger partial charge on any atom is 0.338 e. The van der Waals surface area contributed by atoms with Crippen molar-refractivity contribution in [2.24, 2.45) is 0 Å². The lowest BCUT2D eigenvalue weighted by atomic mass is 10.2. The number of para-hydroxylation sites is 2. The molecule has 1 aliphatic rings. The van der Waals surface area contributed by atoms with Gasteiger partial charge in [-0.2, -0.15) is 0 Å². The summed E-state index contributed by atoms with van der Waals surface area (Å²) in [6.45, 7) is -0.139. The normalized spacial score (nSPS) is 12.8. The van der Waals surface area contributed by atoms with E-state index >= 15 is 0 Å². The molecule has 1 amide bonds. The Morgan fingerprint density at radius 1 is 0.935 bits per heavy atom. The Morgan fingerprint density at radius 3 is 2.48 bits per heavy atom. The zero-order valence-corrected chi connectivity index (χ0v) is 17.3. The Morgan fingerprint density at radius 2 is 1.68 bits per heavy atom. The van der Waals surface area contributed by atoms with Crippen LogP contribution in [0.3, 0.4) is 0 Å². The summed E-state index contributed by atoms with van der Waals surface area (Å²) < 4.78 is 32.7. The third kappa shape index (κ3) is 4.44. The van der Waals surface area contributed by atoms with E-state index in [1.54, 1.807) is 36.4 Å². The zero-order chi connectivity index (χ0) is 21.8. The lowest BCUT2D eigenvalue weighted by molar-refractivity contribution is -0.119. The van der Waals surface area contributed by atoms with E-state index in [0.717, 1.165) is 5.56 Å². The molecule has 0 spiro atoms. The van der Waals surface area contributed by atoms with Gasteiger partial charge < -0.3 is 10.1 Å². The molecule has 158 valence electrons. The van der Waals surface area contributed by atoms with Gasteiger partial charge in [0.15, 0.2) is 6.61 Å². The van der Waals surface area contributed by atoms with Crippen LogP contribution in [0.5, 0.6) is 0 Å². The number of nitrogens with zero attached hydrogens (tertiary/aromatic N) is 1. The Hall–Kier alpha value is -3.65. The number of benzene rings is 3. The molecule has 0 unspecified atom stereocenters. The number of fused-ring (bicyclic) bond motifs is 1. The van der Waals surface area contributed by atoms with Crippen LogP contribution in [0.15, 0.2) is 83.8 Å². The smallest absolute Gasteiger partial charge is 0.338 e. The van der Waals surface area contributed by atoms with Crippen molar-refractivity contribution < 1.29 is 22.7 Å². The lowest BCUT2D eigenvalue weighted by Crippen LogP contribution is -2.29. The van der Waals surface area contributed by atoms with E-state index in [2.05, 4.69) is 5.32 Å². The van der Waals surface area contributed by atoms with Crippen LogP contribution < -0.4 is 9.62 Å². The van der Waals surface area contributed by atoms with Crippen LogP contribution in [0, 0.1) is 0 Å². The van der Waals surface area contributed by atoms with Gasteiger partial charge in [-0.1, -0.05) is 42.5 Å². The van der Waals surface area contributed by atoms with Crippen LogP contribution in [0.25, 0.3) is 0 Å². The summed E-state index contributed by atoms with van der Waals surface area (Å²) >= 11 is 0. The van der Waals surface area contributed by atoms with Crippen molar-refractivity contribution in [3.63, 3.8) is 0 Å². The highest BCUT2D eigenvalue weighted by atomic mass is 32.2. The van der Waals surface area contributed by atoms with E-state index in [1.165, 1.54) is 28.6 Å². The van der Waals surface area contributed by atoms with E-state index in [4.69, 9.17) is 4.74 Å². The largest absolute Gasteiger partial charge is 0.452 e. The molecule has 0 radical (unpaired) electrons. The van der Waals surface area contributed by atoms with Gasteiger partial charge in [-0.15, -0.1) is 0 Å². The first-order valence-electron chi connectivity index (χ1n) is 9.68. The van der Waals surface area contributed by atoms with E-state index in [-0.39, 0.29) is 10.5 Å². The second kappa shape index (κ2) is 8.61. The van der Waals surface area contributed by atoms with Gasteiger partial charge in [-0.25, -0.2) is 13.2 Å². The van der Waals surface area contributed by atoms with Crippen LogP contribution >= 0.6 is 0 Å². The minimum Gasteiger partial charge on any atom is -0.452 e. The molecule has 0 atom stereocenters. The predicted octanol–water partition coefficient (Wildman–Crippen LogP) is 3.23. The molecule has 1 heterocycles.